The second kappa shape index (κ2) is 6.01. The van der Waals surface area contributed by atoms with Gasteiger partial charge in [-0.15, -0.1) is 0 Å². The molecule has 3 heterocycles. The molecular formula is C11H16N5O7P. The van der Waals surface area contributed by atoms with Crippen LogP contribution in [-0.4, -0.2) is 64.0 Å². The van der Waals surface area contributed by atoms with Gasteiger partial charge in [-0.25, -0.2) is 14.5 Å². The Kier molecular flexibility index (Phi) is 4.30. The van der Waals surface area contributed by atoms with Gasteiger partial charge in [-0.1, -0.05) is 0 Å². The van der Waals surface area contributed by atoms with Gasteiger partial charge in [0, 0.05) is 7.05 Å². The van der Waals surface area contributed by atoms with E-state index in [2.05, 4.69) is 14.5 Å². The highest BCUT2D eigenvalue weighted by Crippen LogP contribution is 2.38. The lowest BCUT2D eigenvalue weighted by Crippen LogP contribution is -2.33. The molecule has 1 aliphatic heterocycles. The number of ether oxygens (including phenoxy) is 1. The third-order valence-electron chi connectivity index (χ3n) is 3.72. The molecule has 1 fully saturated rings. The molecule has 132 valence electrons. The SMILES string of the molecule is Cn1cnc2c(ncn2[C@@H]2OC(COP(=O)(O)O)[C@@H](O)[C@H]2O)c1=N. The molecule has 2 aromatic rings. The van der Waals surface area contributed by atoms with Crippen molar-refractivity contribution in [2.75, 3.05) is 6.61 Å². The van der Waals surface area contributed by atoms with Crippen molar-refractivity contribution in [3.63, 3.8) is 0 Å². The molecule has 12 nitrogen and oxygen atoms in total. The van der Waals surface area contributed by atoms with E-state index in [1.807, 2.05) is 0 Å². The maximum Gasteiger partial charge on any atom is 0.469 e. The summed E-state index contributed by atoms with van der Waals surface area (Å²) >= 11 is 0. The number of aromatic nitrogens is 4. The van der Waals surface area contributed by atoms with E-state index in [9.17, 15) is 14.8 Å². The Morgan fingerprint density at radius 1 is 1.33 bits per heavy atom. The topological polar surface area (TPSA) is 176 Å². The molecule has 2 aromatic heterocycles. The average Bonchev–Trinajstić information content (AvgIpc) is 3.04. The fourth-order valence-corrected chi connectivity index (χ4v) is 2.81. The number of nitrogens with one attached hydrogen (secondary N) is 1. The fraction of sp³-hybridized carbons (Fsp3) is 0.545. The molecule has 13 heteroatoms. The maximum absolute atomic E-state index is 10.8. The number of phosphoric ester groups is 1. The monoisotopic (exact) mass is 361 g/mol. The lowest BCUT2D eigenvalue weighted by molar-refractivity contribution is -0.0504. The van der Waals surface area contributed by atoms with Crippen molar-refractivity contribution in [2.24, 2.45) is 7.05 Å². The third-order valence-corrected chi connectivity index (χ3v) is 4.20. The zero-order chi connectivity index (χ0) is 17.6. The Morgan fingerprint density at radius 2 is 2.04 bits per heavy atom. The molecule has 4 atom stereocenters. The highest BCUT2D eigenvalue weighted by Gasteiger charge is 2.45. The van der Waals surface area contributed by atoms with Crippen molar-refractivity contribution in [1.29, 1.82) is 5.41 Å². The van der Waals surface area contributed by atoms with Gasteiger partial charge in [0.05, 0.1) is 19.3 Å². The van der Waals surface area contributed by atoms with Crippen LogP contribution in [0.1, 0.15) is 6.23 Å². The first-order chi connectivity index (χ1) is 11.2. The van der Waals surface area contributed by atoms with Crippen molar-refractivity contribution >= 4 is 19.0 Å². The summed E-state index contributed by atoms with van der Waals surface area (Å²) < 4.78 is 23.3. The van der Waals surface area contributed by atoms with Gasteiger partial charge in [0.1, 0.15) is 23.8 Å². The van der Waals surface area contributed by atoms with Gasteiger partial charge in [0.25, 0.3) is 0 Å². The van der Waals surface area contributed by atoms with Gasteiger partial charge in [-0.05, 0) is 0 Å². The van der Waals surface area contributed by atoms with Crippen LogP contribution in [0.15, 0.2) is 12.7 Å². The van der Waals surface area contributed by atoms with Crippen LogP contribution < -0.4 is 5.49 Å². The summed E-state index contributed by atoms with van der Waals surface area (Å²) in [5.74, 6) is 0. The first kappa shape index (κ1) is 17.2. The van der Waals surface area contributed by atoms with Crippen molar-refractivity contribution in [3.05, 3.63) is 18.1 Å². The van der Waals surface area contributed by atoms with E-state index in [-0.39, 0.29) is 16.7 Å². The van der Waals surface area contributed by atoms with E-state index < -0.39 is 39.0 Å². The number of hydrogen-bond acceptors (Lipinski definition) is 8. The first-order valence-corrected chi connectivity index (χ1v) is 8.36. The molecule has 0 spiro atoms. The van der Waals surface area contributed by atoms with Crippen molar-refractivity contribution in [3.8, 4) is 0 Å². The first-order valence-electron chi connectivity index (χ1n) is 6.83. The number of phosphoric acid groups is 1. The van der Waals surface area contributed by atoms with Gasteiger partial charge in [0.15, 0.2) is 17.4 Å². The number of nitrogens with zero attached hydrogens (tertiary/aromatic N) is 4. The Bertz CT molecular complexity index is 860. The van der Waals surface area contributed by atoms with Crippen LogP contribution in [-0.2, 0) is 20.9 Å². The van der Waals surface area contributed by atoms with E-state index in [0.717, 1.165) is 0 Å². The van der Waals surface area contributed by atoms with Gasteiger partial charge in [-0.2, -0.15) is 0 Å². The molecular weight excluding hydrogens is 345 g/mol. The zero-order valence-electron chi connectivity index (χ0n) is 12.4. The quantitative estimate of drug-likeness (QED) is 0.385. The minimum Gasteiger partial charge on any atom is -0.387 e. The summed E-state index contributed by atoms with van der Waals surface area (Å²) in [5, 5.41) is 28.1. The molecule has 0 amide bonds. The lowest BCUT2D eigenvalue weighted by atomic mass is 10.1. The number of imidazole rings is 1. The summed E-state index contributed by atoms with van der Waals surface area (Å²) in [7, 11) is -3.09. The molecule has 0 aromatic carbocycles. The number of aliphatic hydroxyl groups excluding tert-OH is 2. The smallest absolute Gasteiger partial charge is 0.387 e. The number of aryl methyl sites for hydroxylation is 1. The molecule has 0 bridgehead atoms. The van der Waals surface area contributed by atoms with Gasteiger partial charge < -0.3 is 29.3 Å². The van der Waals surface area contributed by atoms with Crippen LogP contribution in [0.2, 0.25) is 0 Å². The van der Waals surface area contributed by atoms with Crippen LogP contribution >= 0.6 is 7.82 Å². The molecule has 3 rings (SSSR count). The van der Waals surface area contributed by atoms with Gasteiger partial charge in [0.2, 0.25) is 0 Å². The third kappa shape index (κ3) is 3.00. The minimum atomic E-state index is -4.73. The Labute approximate surface area is 134 Å². The van der Waals surface area contributed by atoms with Crippen LogP contribution in [0.25, 0.3) is 11.2 Å². The summed E-state index contributed by atoms with van der Waals surface area (Å²) in [5.41, 5.74) is 0.652. The van der Waals surface area contributed by atoms with Crippen LogP contribution in [0, 0.1) is 5.41 Å². The summed E-state index contributed by atoms with van der Waals surface area (Å²) in [6.07, 6.45) is -2.34. The molecule has 1 saturated heterocycles. The highest BCUT2D eigenvalue weighted by atomic mass is 31.2. The van der Waals surface area contributed by atoms with E-state index >= 15 is 0 Å². The number of rotatable bonds is 4. The molecule has 0 saturated carbocycles. The highest BCUT2D eigenvalue weighted by molar-refractivity contribution is 7.46. The van der Waals surface area contributed by atoms with Gasteiger partial charge >= 0.3 is 7.82 Å². The standard InChI is InChI=1S/C11H16N5O7P/c1-15-3-14-10-6(9(15)12)13-4-16(10)11-8(18)7(17)5(23-11)2-22-24(19,20)21/h3-5,7-8,11-12,17-18H,2H2,1H3,(H2,19,20,21)/t5?,7-,8-,11-/m1/s1. The van der Waals surface area contributed by atoms with Crippen molar-refractivity contribution < 1.29 is 33.8 Å². The average molecular weight is 361 g/mol. The summed E-state index contributed by atoms with van der Waals surface area (Å²) in [6.45, 7) is -0.599. The number of aliphatic hydroxyl groups is 2. The molecule has 0 radical (unpaired) electrons. The number of fused-ring (bicyclic) bond motifs is 1. The molecule has 1 unspecified atom stereocenters. The van der Waals surface area contributed by atoms with E-state index in [0.29, 0.717) is 0 Å². The fourth-order valence-electron chi connectivity index (χ4n) is 2.47. The second-order valence-electron chi connectivity index (χ2n) is 5.36. The zero-order valence-corrected chi connectivity index (χ0v) is 13.3. The second-order valence-corrected chi connectivity index (χ2v) is 6.60. The largest absolute Gasteiger partial charge is 0.469 e. The Morgan fingerprint density at radius 3 is 2.71 bits per heavy atom. The molecule has 24 heavy (non-hydrogen) atoms. The summed E-state index contributed by atoms with van der Waals surface area (Å²) in [6, 6.07) is 0. The summed E-state index contributed by atoms with van der Waals surface area (Å²) in [4.78, 5) is 25.6. The normalized spacial score (nSPS) is 27.9. The van der Waals surface area contributed by atoms with Crippen molar-refractivity contribution in [2.45, 2.75) is 24.5 Å². The predicted molar refractivity (Wildman–Crippen MR) is 76.3 cm³/mol. The molecule has 0 aliphatic carbocycles. The Balaban J connectivity index is 1.89. The van der Waals surface area contributed by atoms with Crippen LogP contribution in [0.4, 0.5) is 0 Å². The Hall–Kier alpha value is -1.66. The van der Waals surface area contributed by atoms with Gasteiger partial charge in [-0.3, -0.25) is 14.5 Å². The number of hydrogen-bond donors (Lipinski definition) is 5. The van der Waals surface area contributed by atoms with E-state index in [1.54, 1.807) is 7.05 Å². The molecule has 1 aliphatic rings. The molecule has 5 N–H and O–H groups in total. The minimum absolute atomic E-state index is 0.105. The van der Waals surface area contributed by atoms with Crippen LogP contribution in [0.3, 0.4) is 0 Å². The lowest BCUT2D eigenvalue weighted by Gasteiger charge is -2.16. The maximum atomic E-state index is 10.8. The van der Waals surface area contributed by atoms with Crippen molar-refractivity contribution in [1.82, 2.24) is 19.1 Å². The predicted octanol–water partition coefficient (Wildman–Crippen LogP) is -2.02. The van der Waals surface area contributed by atoms with Crippen LogP contribution in [0.5, 0.6) is 0 Å². The van der Waals surface area contributed by atoms with E-state index in [1.165, 1.54) is 21.8 Å². The van der Waals surface area contributed by atoms with E-state index in [4.69, 9.17) is 19.9 Å².